The third kappa shape index (κ3) is 3.02. The van der Waals surface area contributed by atoms with Crippen LogP contribution in [0.1, 0.15) is 23.8 Å². The van der Waals surface area contributed by atoms with Crippen LogP contribution in [0.25, 0.3) is 10.9 Å². The summed E-state index contributed by atoms with van der Waals surface area (Å²) in [6.07, 6.45) is 0.797. The Bertz CT molecular complexity index is 621. The summed E-state index contributed by atoms with van der Waals surface area (Å²) in [5.74, 6) is -0.610. The number of carbonyl (C=O) groups excluding carboxylic acids is 1. The Hall–Kier alpha value is -1.40. The number of benzene rings is 1. The van der Waals surface area contributed by atoms with Gasteiger partial charge in [0.25, 0.3) is 5.91 Å². The van der Waals surface area contributed by atoms with Gasteiger partial charge in [0.1, 0.15) is 11.5 Å². The summed E-state index contributed by atoms with van der Waals surface area (Å²) in [7, 11) is 0. The van der Waals surface area contributed by atoms with Crippen LogP contribution in [0.5, 0.6) is 0 Å². The van der Waals surface area contributed by atoms with Crippen LogP contribution < -0.4 is 0 Å². The van der Waals surface area contributed by atoms with E-state index in [2.05, 4.69) is 20.9 Å². The van der Waals surface area contributed by atoms with Gasteiger partial charge in [0.15, 0.2) is 0 Å². The number of nitrogens with zero attached hydrogens (tertiary/aromatic N) is 1. The molecule has 1 amide bonds. The largest absolute Gasteiger partial charge is 0.395 e. The van der Waals surface area contributed by atoms with E-state index in [4.69, 9.17) is 5.11 Å². The first-order valence-corrected chi connectivity index (χ1v) is 7.24. The Kier molecular flexibility index (Phi) is 4.77. The zero-order chi connectivity index (χ0) is 14.7. The van der Waals surface area contributed by atoms with Gasteiger partial charge in [-0.3, -0.25) is 4.79 Å². The predicted molar refractivity (Wildman–Crippen MR) is 79.2 cm³/mol. The van der Waals surface area contributed by atoms with Crippen molar-refractivity contribution in [3.8, 4) is 0 Å². The number of amides is 1. The molecule has 0 bridgehead atoms. The second-order valence-electron chi connectivity index (χ2n) is 4.55. The fourth-order valence-corrected chi connectivity index (χ4v) is 2.58. The van der Waals surface area contributed by atoms with Crippen molar-refractivity contribution in [2.75, 3.05) is 19.7 Å². The quantitative estimate of drug-likeness (QED) is 0.877. The minimum Gasteiger partial charge on any atom is -0.395 e. The molecule has 0 saturated carbocycles. The van der Waals surface area contributed by atoms with Gasteiger partial charge in [-0.25, -0.2) is 4.39 Å². The number of nitrogens with one attached hydrogen (secondary N) is 1. The smallest absolute Gasteiger partial charge is 0.270 e. The maximum absolute atomic E-state index is 13.8. The minimum absolute atomic E-state index is 0.0914. The number of aliphatic hydroxyl groups is 1. The number of aromatic nitrogens is 1. The van der Waals surface area contributed by atoms with Crippen molar-refractivity contribution in [2.24, 2.45) is 0 Å². The summed E-state index contributed by atoms with van der Waals surface area (Å²) in [4.78, 5) is 16.8. The number of fused-ring (bicyclic) bond motifs is 1. The van der Waals surface area contributed by atoms with E-state index in [0.717, 1.165) is 6.42 Å². The highest BCUT2D eigenvalue weighted by atomic mass is 79.9. The zero-order valence-corrected chi connectivity index (χ0v) is 12.7. The van der Waals surface area contributed by atoms with Gasteiger partial charge in [0.2, 0.25) is 0 Å². The van der Waals surface area contributed by atoms with Crippen molar-refractivity contribution < 1.29 is 14.3 Å². The fraction of sp³-hybridized carbons (Fsp3) is 0.357. The molecule has 6 heteroatoms. The topological polar surface area (TPSA) is 56.3 Å². The Morgan fingerprint density at radius 3 is 2.80 bits per heavy atom. The molecule has 0 unspecified atom stereocenters. The molecular weight excluding hydrogens is 327 g/mol. The first-order chi connectivity index (χ1) is 9.56. The summed E-state index contributed by atoms with van der Waals surface area (Å²) in [5.41, 5.74) is 0.902. The van der Waals surface area contributed by atoms with E-state index in [-0.39, 0.29) is 24.9 Å². The average molecular weight is 343 g/mol. The van der Waals surface area contributed by atoms with Gasteiger partial charge in [-0.05, 0) is 24.6 Å². The molecule has 0 atom stereocenters. The highest BCUT2D eigenvalue weighted by Crippen LogP contribution is 2.24. The molecule has 2 rings (SSSR count). The van der Waals surface area contributed by atoms with E-state index in [1.807, 2.05) is 6.92 Å². The summed E-state index contributed by atoms with van der Waals surface area (Å²) in [6, 6.07) is 4.60. The Balaban J connectivity index is 2.36. The van der Waals surface area contributed by atoms with Crippen molar-refractivity contribution in [1.82, 2.24) is 9.88 Å². The maximum atomic E-state index is 13.8. The van der Waals surface area contributed by atoms with Gasteiger partial charge in [-0.1, -0.05) is 22.9 Å². The normalized spacial score (nSPS) is 11.0. The molecule has 0 radical (unpaired) electrons. The number of hydrogen-bond donors (Lipinski definition) is 2. The summed E-state index contributed by atoms with van der Waals surface area (Å²) in [6.45, 7) is 2.70. The Labute approximate surface area is 124 Å². The van der Waals surface area contributed by atoms with Crippen LogP contribution in [-0.2, 0) is 0 Å². The fourth-order valence-electron chi connectivity index (χ4n) is 2.15. The highest BCUT2D eigenvalue weighted by Gasteiger charge is 2.18. The van der Waals surface area contributed by atoms with E-state index >= 15 is 0 Å². The molecule has 108 valence electrons. The molecular formula is C14H16BrFN2O2. The lowest BCUT2D eigenvalue weighted by Crippen LogP contribution is -2.34. The van der Waals surface area contributed by atoms with Crippen LogP contribution in [0.3, 0.4) is 0 Å². The molecule has 4 nitrogen and oxygen atoms in total. The monoisotopic (exact) mass is 342 g/mol. The standard InChI is InChI=1S/C14H16BrFN2O2/c1-2-3-18(4-5-19)14(20)13-8-10-11(16)6-9(15)7-12(10)17-13/h6-8,17,19H,2-5H2,1H3. The highest BCUT2D eigenvalue weighted by molar-refractivity contribution is 9.10. The van der Waals surface area contributed by atoms with Gasteiger partial charge < -0.3 is 15.0 Å². The summed E-state index contributed by atoms with van der Waals surface area (Å²) >= 11 is 3.22. The molecule has 0 saturated heterocycles. The molecule has 0 spiro atoms. The van der Waals surface area contributed by atoms with Gasteiger partial charge in [-0.2, -0.15) is 0 Å². The Morgan fingerprint density at radius 2 is 2.15 bits per heavy atom. The summed E-state index contributed by atoms with van der Waals surface area (Å²) in [5, 5.41) is 9.40. The summed E-state index contributed by atoms with van der Waals surface area (Å²) < 4.78 is 14.4. The van der Waals surface area contributed by atoms with E-state index < -0.39 is 0 Å². The minimum atomic E-state index is -0.381. The lowest BCUT2D eigenvalue weighted by Gasteiger charge is -2.20. The van der Waals surface area contributed by atoms with E-state index in [1.165, 1.54) is 12.1 Å². The molecule has 0 aliphatic heterocycles. The van der Waals surface area contributed by atoms with Crippen LogP contribution in [0.2, 0.25) is 0 Å². The van der Waals surface area contributed by atoms with E-state index in [9.17, 15) is 9.18 Å². The van der Waals surface area contributed by atoms with Crippen molar-refractivity contribution in [1.29, 1.82) is 0 Å². The molecule has 20 heavy (non-hydrogen) atoms. The number of aliphatic hydroxyl groups excluding tert-OH is 1. The molecule has 0 fully saturated rings. The number of carbonyl (C=O) groups is 1. The second-order valence-corrected chi connectivity index (χ2v) is 5.46. The number of H-pyrrole nitrogens is 1. The zero-order valence-electron chi connectivity index (χ0n) is 11.1. The van der Waals surface area contributed by atoms with Crippen LogP contribution in [-0.4, -0.2) is 40.6 Å². The van der Waals surface area contributed by atoms with E-state index in [1.54, 1.807) is 11.0 Å². The van der Waals surface area contributed by atoms with Gasteiger partial charge in [0, 0.05) is 22.9 Å². The van der Waals surface area contributed by atoms with Crippen molar-refractivity contribution in [3.05, 3.63) is 34.2 Å². The molecule has 1 aromatic heterocycles. The molecule has 0 aliphatic carbocycles. The number of aromatic amines is 1. The lowest BCUT2D eigenvalue weighted by atomic mass is 10.2. The van der Waals surface area contributed by atoms with Crippen LogP contribution in [0.4, 0.5) is 4.39 Å². The van der Waals surface area contributed by atoms with E-state index in [0.29, 0.717) is 27.6 Å². The Morgan fingerprint density at radius 1 is 1.40 bits per heavy atom. The molecule has 1 aromatic carbocycles. The van der Waals surface area contributed by atoms with Gasteiger partial charge in [0.05, 0.1) is 12.1 Å². The van der Waals surface area contributed by atoms with Gasteiger partial charge in [-0.15, -0.1) is 0 Å². The average Bonchev–Trinajstić information content (AvgIpc) is 2.81. The molecule has 1 heterocycles. The van der Waals surface area contributed by atoms with Crippen molar-refractivity contribution in [3.63, 3.8) is 0 Å². The second kappa shape index (κ2) is 6.37. The number of rotatable bonds is 5. The van der Waals surface area contributed by atoms with Crippen molar-refractivity contribution >= 4 is 32.7 Å². The SMILES string of the molecule is CCCN(CCO)C(=O)c1cc2c(F)cc(Br)cc2[nH]1. The third-order valence-corrected chi connectivity index (χ3v) is 3.49. The maximum Gasteiger partial charge on any atom is 0.270 e. The predicted octanol–water partition coefficient (Wildman–Crippen LogP) is 2.91. The van der Waals surface area contributed by atoms with Crippen LogP contribution in [0.15, 0.2) is 22.7 Å². The van der Waals surface area contributed by atoms with Crippen molar-refractivity contribution in [2.45, 2.75) is 13.3 Å². The molecule has 0 aliphatic rings. The van der Waals surface area contributed by atoms with Gasteiger partial charge >= 0.3 is 0 Å². The molecule has 2 N–H and O–H groups in total. The number of halogens is 2. The first-order valence-electron chi connectivity index (χ1n) is 6.44. The first kappa shape index (κ1) is 15.0. The van der Waals surface area contributed by atoms with Crippen LogP contribution >= 0.6 is 15.9 Å². The van der Waals surface area contributed by atoms with Crippen LogP contribution in [0, 0.1) is 5.82 Å². The molecule has 2 aromatic rings. The lowest BCUT2D eigenvalue weighted by molar-refractivity contribution is 0.0717. The number of hydrogen-bond acceptors (Lipinski definition) is 2. The third-order valence-electron chi connectivity index (χ3n) is 3.03.